The number of methoxy groups -OCH3 is 1. The first-order chi connectivity index (χ1) is 7.85. The van der Waals surface area contributed by atoms with Gasteiger partial charge in [0.2, 0.25) is 0 Å². The standard InChI is InChI=1S/C13H19NO2/c1-14-13(11-6-7-16-9-11)10-4-3-5-12(8-10)15-2/h3-5,8,11,13-14H,6-7,9H2,1-2H3. The van der Waals surface area contributed by atoms with Crippen LogP contribution in [0.1, 0.15) is 18.0 Å². The van der Waals surface area contributed by atoms with Crippen molar-refractivity contribution in [3.8, 4) is 5.75 Å². The summed E-state index contributed by atoms with van der Waals surface area (Å²) in [4.78, 5) is 0. The van der Waals surface area contributed by atoms with E-state index in [0.29, 0.717) is 12.0 Å². The van der Waals surface area contributed by atoms with E-state index in [1.807, 2.05) is 19.2 Å². The molecule has 88 valence electrons. The summed E-state index contributed by atoms with van der Waals surface area (Å²) in [5, 5.41) is 3.38. The number of rotatable bonds is 4. The maximum atomic E-state index is 5.45. The summed E-state index contributed by atoms with van der Waals surface area (Å²) in [5.74, 6) is 1.48. The van der Waals surface area contributed by atoms with Gasteiger partial charge in [0, 0.05) is 18.6 Å². The van der Waals surface area contributed by atoms with Gasteiger partial charge in [-0.1, -0.05) is 12.1 Å². The zero-order valence-electron chi connectivity index (χ0n) is 9.90. The predicted molar refractivity (Wildman–Crippen MR) is 63.7 cm³/mol. The van der Waals surface area contributed by atoms with Crippen LogP contribution in [0.3, 0.4) is 0 Å². The molecule has 0 saturated carbocycles. The Balaban J connectivity index is 2.18. The summed E-state index contributed by atoms with van der Waals surface area (Å²) in [5.41, 5.74) is 1.28. The Morgan fingerprint density at radius 2 is 2.38 bits per heavy atom. The molecule has 1 aromatic carbocycles. The molecule has 0 amide bonds. The Labute approximate surface area is 96.8 Å². The van der Waals surface area contributed by atoms with Crippen molar-refractivity contribution in [1.82, 2.24) is 5.32 Å². The van der Waals surface area contributed by atoms with Crippen LogP contribution in [0, 0.1) is 5.92 Å². The van der Waals surface area contributed by atoms with E-state index >= 15 is 0 Å². The van der Waals surface area contributed by atoms with E-state index in [1.54, 1.807) is 7.11 Å². The highest BCUT2D eigenvalue weighted by molar-refractivity contribution is 5.31. The summed E-state index contributed by atoms with van der Waals surface area (Å²) in [6, 6.07) is 8.61. The molecule has 2 rings (SSSR count). The largest absolute Gasteiger partial charge is 0.497 e. The SMILES string of the molecule is CNC(c1cccc(OC)c1)C1CCOC1. The highest BCUT2D eigenvalue weighted by Gasteiger charge is 2.25. The van der Waals surface area contributed by atoms with Crippen LogP contribution < -0.4 is 10.1 Å². The van der Waals surface area contributed by atoms with Crippen molar-refractivity contribution < 1.29 is 9.47 Å². The lowest BCUT2D eigenvalue weighted by molar-refractivity contribution is 0.177. The molecule has 1 saturated heterocycles. The zero-order valence-corrected chi connectivity index (χ0v) is 9.90. The second kappa shape index (κ2) is 5.32. The van der Waals surface area contributed by atoms with Crippen molar-refractivity contribution in [3.63, 3.8) is 0 Å². The van der Waals surface area contributed by atoms with Gasteiger partial charge in [-0.05, 0) is 31.2 Å². The summed E-state index contributed by atoms with van der Waals surface area (Å²) in [6.45, 7) is 1.73. The number of hydrogen-bond donors (Lipinski definition) is 1. The molecule has 0 spiro atoms. The second-order valence-electron chi connectivity index (χ2n) is 4.17. The third-order valence-corrected chi connectivity index (χ3v) is 3.20. The molecule has 1 aliphatic heterocycles. The first-order valence-corrected chi connectivity index (χ1v) is 5.74. The average molecular weight is 221 g/mol. The minimum Gasteiger partial charge on any atom is -0.497 e. The van der Waals surface area contributed by atoms with Gasteiger partial charge in [-0.25, -0.2) is 0 Å². The summed E-state index contributed by atoms with van der Waals surface area (Å²) < 4.78 is 10.7. The van der Waals surface area contributed by atoms with E-state index in [-0.39, 0.29) is 0 Å². The van der Waals surface area contributed by atoms with Gasteiger partial charge in [-0.2, -0.15) is 0 Å². The highest BCUT2D eigenvalue weighted by atomic mass is 16.5. The quantitative estimate of drug-likeness (QED) is 0.843. The number of hydrogen-bond acceptors (Lipinski definition) is 3. The maximum Gasteiger partial charge on any atom is 0.119 e. The van der Waals surface area contributed by atoms with Crippen molar-refractivity contribution >= 4 is 0 Å². The molecule has 2 atom stereocenters. The molecular formula is C13H19NO2. The van der Waals surface area contributed by atoms with Gasteiger partial charge in [-0.3, -0.25) is 0 Å². The molecular weight excluding hydrogens is 202 g/mol. The van der Waals surface area contributed by atoms with Crippen LogP contribution in [-0.2, 0) is 4.74 Å². The molecule has 0 aromatic heterocycles. The lowest BCUT2D eigenvalue weighted by Crippen LogP contribution is -2.25. The first kappa shape index (κ1) is 11.4. The van der Waals surface area contributed by atoms with Crippen LogP contribution in [-0.4, -0.2) is 27.4 Å². The van der Waals surface area contributed by atoms with Crippen molar-refractivity contribution in [1.29, 1.82) is 0 Å². The van der Waals surface area contributed by atoms with Gasteiger partial charge < -0.3 is 14.8 Å². The molecule has 1 aliphatic rings. The molecule has 16 heavy (non-hydrogen) atoms. The Morgan fingerprint density at radius 3 is 3.00 bits per heavy atom. The summed E-state index contributed by atoms with van der Waals surface area (Å²) in [7, 11) is 3.70. The van der Waals surface area contributed by atoms with E-state index in [1.165, 1.54) is 5.56 Å². The fourth-order valence-corrected chi connectivity index (χ4v) is 2.33. The van der Waals surface area contributed by atoms with Gasteiger partial charge >= 0.3 is 0 Å². The average Bonchev–Trinajstić information content (AvgIpc) is 2.84. The van der Waals surface area contributed by atoms with Gasteiger partial charge in [0.25, 0.3) is 0 Å². The zero-order chi connectivity index (χ0) is 11.4. The highest BCUT2D eigenvalue weighted by Crippen LogP contribution is 2.30. The lowest BCUT2D eigenvalue weighted by atomic mass is 9.92. The van der Waals surface area contributed by atoms with Gasteiger partial charge in [-0.15, -0.1) is 0 Å². The molecule has 1 N–H and O–H groups in total. The number of ether oxygens (including phenoxy) is 2. The number of nitrogens with one attached hydrogen (secondary N) is 1. The van der Waals surface area contributed by atoms with Crippen molar-refractivity contribution in [2.75, 3.05) is 27.4 Å². The summed E-state index contributed by atoms with van der Waals surface area (Å²) in [6.07, 6.45) is 1.13. The first-order valence-electron chi connectivity index (χ1n) is 5.74. The van der Waals surface area contributed by atoms with E-state index in [0.717, 1.165) is 25.4 Å². The Morgan fingerprint density at radius 1 is 1.50 bits per heavy atom. The maximum absolute atomic E-state index is 5.45. The topological polar surface area (TPSA) is 30.5 Å². The molecule has 1 heterocycles. The molecule has 3 heteroatoms. The molecule has 0 radical (unpaired) electrons. The van der Waals surface area contributed by atoms with Gasteiger partial charge in [0.1, 0.15) is 5.75 Å². The van der Waals surface area contributed by atoms with Crippen LogP contribution in [0.2, 0.25) is 0 Å². The third-order valence-electron chi connectivity index (χ3n) is 3.20. The van der Waals surface area contributed by atoms with Crippen molar-refractivity contribution in [2.24, 2.45) is 5.92 Å². The van der Waals surface area contributed by atoms with Gasteiger partial charge in [0.05, 0.1) is 13.7 Å². The molecule has 0 aliphatic carbocycles. The van der Waals surface area contributed by atoms with Crippen LogP contribution in [0.15, 0.2) is 24.3 Å². The van der Waals surface area contributed by atoms with E-state index < -0.39 is 0 Å². The minimum atomic E-state index is 0.359. The van der Waals surface area contributed by atoms with Crippen LogP contribution in [0.25, 0.3) is 0 Å². The fraction of sp³-hybridized carbons (Fsp3) is 0.538. The van der Waals surface area contributed by atoms with E-state index in [4.69, 9.17) is 9.47 Å². The molecule has 2 unspecified atom stereocenters. The van der Waals surface area contributed by atoms with Crippen LogP contribution in [0.5, 0.6) is 5.75 Å². The van der Waals surface area contributed by atoms with Crippen LogP contribution >= 0.6 is 0 Å². The van der Waals surface area contributed by atoms with Crippen molar-refractivity contribution in [2.45, 2.75) is 12.5 Å². The van der Waals surface area contributed by atoms with Gasteiger partial charge in [0.15, 0.2) is 0 Å². The smallest absolute Gasteiger partial charge is 0.119 e. The number of benzene rings is 1. The molecule has 1 fully saturated rings. The van der Waals surface area contributed by atoms with E-state index in [9.17, 15) is 0 Å². The van der Waals surface area contributed by atoms with Crippen LogP contribution in [0.4, 0.5) is 0 Å². The third kappa shape index (κ3) is 2.36. The normalized spacial score (nSPS) is 22.0. The predicted octanol–water partition coefficient (Wildman–Crippen LogP) is 1.99. The van der Waals surface area contributed by atoms with Crippen molar-refractivity contribution in [3.05, 3.63) is 29.8 Å². The monoisotopic (exact) mass is 221 g/mol. The summed E-state index contributed by atoms with van der Waals surface area (Å²) >= 11 is 0. The molecule has 1 aromatic rings. The van der Waals surface area contributed by atoms with E-state index in [2.05, 4.69) is 17.4 Å². The minimum absolute atomic E-state index is 0.359. The Hall–Kier alpha value is -1.06. The molecule has 3 nitrogen and oxygen atoms in total. The molecule has 0 bridgehead atoms. The Kier molecular flexibility index (Phi) is 3.80. The second-order valence-corrected chi connectivity index (χ2v) is 4.17. The lowest BCUT2D eigenvalue weighted by Gasteiger charge is -2.22. The fourth-order valence-electron chi connectivity index (χ4n) is 2.33. The Bertz CT molecular complexity index is 334.